The molecule has 0 bridgehead atoms. The molecule has 0 aromatic heterocycles. The Morgan fingerprint density at radius 2 is 1.43 bits per heavy atom. The van der Waals surface area contributed by atoms with E-state index in [0.29, 0.717) is 0 Å². The van der Waals surface area contributed by atoms with Crippen molar-refractivity contribution in [1.82, 2.24) is 4.91 Å². The first kappa shape index (κ1) is 10.5. The zero-order chi connectivity index (χ0) is 6.28. The summed E-state index contributed by atoms with van der Waals surface area (Å²) in [5, 5.41) is -0.000000000000000222. The van der Waals surface area contributed by atoms with E-state index < -0.39 is 0 Å². The van der Waals surface area contributed by atoms with Gasteiger partial charge in [0.25, 0.3) is 0 Å². The summed E-state index contributed by atoms with van der Waals surface area (Å²) in [7, 11) is 0. The normalized spacial score (nSPS) is 6.43. The molecule has 0 amide bonds. The molecule has 2 N–H and O–H groups in total. The maximum atomic E-state index is 5.50. The van der Waals surface area contributed by atoms with Gasteiger partial charge in [0.05, 0.1) is 0 Å². The van der Waals surface area contributed by atoms with Crippen molar-refractivity contribution in [2.24, 2.45) is 0 Å². The Balaban J connectivity index is 0. The third-order valence-corrected chi connectivity index (χ3v) is 0. The van der Waals surface area contributed by atoms with Crippen LogP contribution in [-0.2, 0) is 0 Å². The SMILES string of the molecule is C[SiH](C)[Na].N=[N+]=N. The van der Waals surface area contributed by atoms with Crippen molar-refractivity contribution < 1.29 is 0 Å². The van der Waals surface area contributed by atoms with E-state index in [1.165, 1.54) is 27.0 Å². The Morgan fingerprint density at radius 3 is 1.43 bits per heavy atom. The number of nitrogens with one attached hydrogen (secondary N) is 2. The largest absolute Gasteiger partial charge is 0.211 e. The van der Waals surface area contributed by atoms with Crippen molar-refractivity contribution >= 4 is 32.4 Å². The summed E-state index contributed by atoms with van der Waals surface area (Å²) >= 11 is 1.49. The molecular formula is C2H9N3NaSi+. The first-order chi connectivity index (χ1) is 3.15. The van der Waals surface area contributed by atoms with E-state index >= 15 is 0 Å². The van der Waals surface area contributed by atoms with E-state index in [-0.39, 0.29) is 5.36 Å². The van der Waals surface area contributed by atoms with Crippen molar-refractivity contribution in [3.05, 3.63) is 0 Å². The van der Waals surface area contributed by atoms with Crippen molar-refractivity contribution in [3.63, 3.8) is 0 Å². The zero-order valence-corrected chi connectivity index (χ0v) is 8.18. The minimum absolute atomic E-state index is 0.000000000000000222. The Bertz CT molecular complexity index is 55.2. The molecule has 0 spiro atoms. The van der Waals surface area contributed by atoms with Gasteiger partial charge in [-0.1, -0.05) is 0 Å². The van der Waals surface area contributed by atoms with E-state index in [2.05, 4.69) is 13.1 Å². The van der Waals surface area contributed by atoms with Crippen LogP contribution >= 0.6 is 0 Å². The van der Waals surface area contributed by atoms with Gasteiger partial charge >= 0.3 is 45.5 Å². The molecule has 0 atom stereocenters. The summed E-state index contributed by atoms with van der Waals surface area (Å²) in [6, 6.07) is 0. The van der Waals surface area contributed by atoms with Crippen molar-refractivity contribution in [3.8, 4) is 0 Å². The van der Waals surface area contributed by atoms with E-state index in [1.807, 2.05) is 4.91 Å². The second-order valence-corrected chi connectivity index (χ2v) is 12.2. The van der Waals surface area contributed by atoms with Crippen LogP contribution in [0.15, 0.2) is 0 Å². The van der Waals surface area contributed by atoms with Gasteiger partial charge in [-0.25, -0.2) is 0 Å². The Labute approximate surface area is 61.3 Å². The summed E-state index contributed by atoms with van der Waals surface area (Å²) in [4.78, 5) is 2.00. The van der Waals surface area contributed by atoms with Crippen molar-refractivity contribution in [1.29, 1.82) is 11.1 Å². The van der Waals surface area contributed by atoms with Gasteiger partial charge in [0, 0.05) is 0 Å². The van der Waals surface area contributed by atoms with Gasteiger partial charge in [0.2, 0.25) is 4.91 Å². The zero-order valence-electron chi connectivity index (χ0n) is 5.02. The van der Waals surface area contributed by atoms with Gasteiger partial charge in [-0.2, -0.15) is 0 Å². The summed E-state index contributed by atoms with van der Waals surface area (Å²) in [6.07, 6.45) is 0. The Morgan fingerprint density at radius 1 is 1.43 bits per heavy atom. The van der Waals surface area contributed by atoms with Crippen LogP contribution in [-0.4, -0.2) is 32.4 Å². The molecule has 0 unspecified atom stereocenters. The second-order valence-electron chi connectivity index (χ2n) is 1.84. The molecule has 5 heteroatoms. The molecule has 3 nitrogen and oxygen atoms in total. The van der Waals surface area contributed by atoms with Gasteiger partial charge in [0.1, 0.15) is 11.1 Å². The van der Waals surface area contributed by atoms with Crippen LogP contribution in [0, 0.1) is 11.1 Å². The molecule has 0 fully saturated rings. The van der Waals surface area contributed by atoms with Crippen LogP contribution in [0.4, 0.5) is 0 Å². The molecule has 0 aliphatic heterocycles. The van der Waals surface area contributed by atoms with Gasteiger partial charge < -0.3 is 0 Å². The number of hydrogen-bond acceptors (Lipinski definition) is 2. The van der Waals surface area contributed by atoms with E-state index in [4.69, 9.17) is 11.1 Å². The number of hydrogen-bond donors (Lipinski definition) is 2. The molecule has 0 saturated heterocycles. The first-order valence-corrected chi connectivity index (χ1v) is 9.11. The fraction of sp³-hybridized carbons (Fsp3) is 1.00. The van der Waals surface area contributed by atoms with E-state index in [9.17, 15) is 0 Å². The Hall–Kier alpha value is 0.527. The number of rotatable bonds is 0. The molecule has 7 heavy (non-hydrogen) atoms. The monoisotopic (exact) mass is 126 g/mol. The van der Waals surface area contributed by atoms with Crippen LogP contribution in [0.1, 0.15) is 0 Å². The topological polar surface area (TPSA) is 61.8 Å². The van der Waals surface area contributed by atoms with Crippen LogP contribution in [0.3, 0.4) is 0 Å². The molecule has 0 saturated carbocycles. The fourth-order valence-electron chi connectivity index (χ4n) is 0. The number of nitrogens with zero attached hydrogens (tertiary/aromatic N) is 1. The van der Waals surface area contributed by atoms with Crippen LogP contribution < -0.4 is 4.91 Å². The average Bonchev–Trinajstić information content (AvgIpc) is 1.33. The molecule has 0 rings (SSSR count). The quantitative estimate of drug-likeness (QED) is 0.265. The van der Waals surface area contributed by atoms with Crippen molar-refractivity contribution in [2.45, 2.75) is 13.1 Å². The van der Waals surface area contributed by atoms with Gasteiger partial charge in [-0.3, -0.25) is 0 Å². The van der Waals surface area contributed by atoms with Gasteiger partial charge in [-0.05, 0) is 0 Å². The molecule has 0 heterocycles. The Kier molecular flexibility index (Phi) is 14.6. The van der Waals surface area contributed by atoms with Crippen LogP contribution in [0.25, 0.3) is 0 Å². The summed E-state index contributed by atoms with van der Waals surface area (Å²) < 4.78 is 0. The van der Waals surface area contributed by atoms with Gasteiger partial charge in [0.15, 0.2) is 0 Å². The van der Waals surface area contributed by atoms with E-state index in [1.54, 1.807) is 0 Å². The summed E-state index contributed by atoms with van der Waals surface area (Å²) in [6.45, 7) is 4.73. The predicted molar refractivity (Wildman–Crippen MR) is 32.2 cm³/mol. The van der Waals surface area contributed by atoms with Gasteiger partial charge in [-0.15, -0.1) is 0 Å². The summed E-state index contributed by atoms with van der Waals surface area (Å²) in [5.74, 6) is 0. The maximum Gasteiger partial charge on any atom is 0.211 e. The molecule has 0 radical (unpaired) electrons. The average molecular weight is 126 g/mol. The van der Waals surface area contributed by atoms with Crippen molar-refractivity contribution in [2.75, 3.05) is 0 Å². The third kappa shape index (κ3) is 482. The minimum Gasteiger partial charge on any atom is 0.103 e. The molecular weight excluding hydrogens is 117 g/mol. The molecule has 0 aliphatic rings. The van der Waals surface area contributed by atoms with E-state index in [0.717, 1.165) is 0 Å². The van der Waals surface area contributed by atoms with Crippen LogP contribution in [0.2, 0.25) is 13.1 Å². The first-order valence-electron chi connectivity index (χ1n) is 2.18. The third-order valence-electron chi connectivity index (χ3n) is 0. The molecule has 0 aromatic carbocycles. The predicted octanol–water partition coefficient (Wildman–Crippen LogP) is 0.254. The van der Waals surface area contributed by atoms with Crippen LogP contribution in [0.5, 0.6) is 0 Å². The standard InChI is InChI=1S/C2H7Si.H2N3.Na/c2*1-3-2;/h3H,1-2H3;1-2H;/q;+1;. The molecule has 0 aliphatic carbocycles. The smallest absolute Gasteiger partial charge is 0.103 e. The maximum absolute atomic E-state index is 5.50. The minimum atomic E-state index is -0.000000000000000222. The summed E-state index contributed by atoms with van der Waals surface area (Å²) in [5.41, 5.74) is 11.0. The molecule has 0 aromatic rings. The molecule has 36 valence electrons. The second kappa shape index (κ2) is 9.73. The fourth-order valence-corrected chi connectivity index (χ4v) is 0.